The van der Waals surface area contributed by atoms with Crippen molar-refractivity contribution in [3.05, 3.63) is 29.3 Å². The fourth-order valence-electron chi connectivity index (χ4n) is 2.83. The molecular weight excluding hydrogens is 357 g/mol. The highest BCUT2D eigenvalue weighted by Gasteiger charge is 2.32. The lowest BCUT2D eigenvalue weighted by Crippen LogP contribution is -2.10. The Morgan fingerprint density at radius 3 is 2.52 bits per heavy atom. The lowest BCUT2D eigenvalue weighted by molar-refractivity contribution is -0.131. The van der Waals surface area contributed by atoms with Crippen LogP contribution in [0.4, 0.5) is 13.2 Å². The van der Waals surface area contributed by atoms with Gasteiger partial charge in [-0.15, -0.1) is 0 Å². The highest BCUT2D eigenvalue weighted by atomic mass is 32.2. The smallest absolute Gasteiger partial charge is 0.479 e. The van der Waals surface area contributed by atoms with E-state index in [1.54, 1.807) is 0 Å². The van der Waals surface area contributed by atoms with Crippen LogP contribution in [0.1, 0.15) is 44.6 Å². The molecule has 1 atom stereocenters. The zero-order valence-corrected chi connectivity index (χ0v) is 14.9. The second kappa shape index (κ2) is 8.03. The molecule has 1 aromatic carbocycles. The Bertz CT molecular complexity index is 671. The van der Waals surface area contributed by atoms with E-state index >= 15 is 0 Å². The van der Waals surface area contributed by atoms with Crippen LogP contribution in [0.25, 0.3) is 0 Å². The molecule has 4 nitrogen and oxygen atoms in total. The Hall–Kier alpha value is -1.83. The summed E-state index contributed by atoms with van der Waals surface area (Å²) in [5.74, 6) is -0.230. The molecule has 0 spiro atoms. The number of alkyl halides is 3. The van der Waals surface area contributed by atoms with E-state index in [0.29, 0.717) is 11.3 Å². The number of rotatable bonds is 5. The number of benzene rings is 1. The molecule has 0 aromatic heterocycles. The van der Waals surface area contributed by atoms with Gasteiger partial charge in [0, 0.05) is 30.5 Å². The van der Waals surface area contributed by atoms with Crippen LogP contribution in [0.3, 0.4) is 0 Å². The number of esters is 1. The van der Waals surface area contributed by atoms with E-state index in [1.165, 1.54) is 31.7 Å². The third-order valence-corrected chi connectivity index (χ3v) is 4.19. The largest absolute Gasteiger partial charge is 0.496 e. The second-order valence-electron chi connectivity index (χ2n) is 5.76. The van der Waals surface area contributed by atoms with E-state index in [1.807, 2.05) is 6.92 Å². The number of carbonyl (C=O) groups excluding carboxylic acids is 1. The van der Waals surface area contributed by atoms with Crippen molar-refractivity contribution >= 4 is 18.0 Å². The van der Waals surface area contributed by atoms with Gasteiger partial charge in [0.25, 0.3) is 0 Å². The summed E-state index contributed by atoms with van der Waals surface area (Å²) in [6.07, 6.45) is 4.86. The third-order valence-electron chi connectivity index (χ3n) is 3.73. The van der Waals surface area contributed by atoms with Crippen LogP contribution in [-0.2, 0) is 4.79 Å². The third kappa shape index (κ3) is 5.59. The predicted molar refractivity (Wildman–Crippen MR) is 88.9 cm³/mol. The van der Waals surface area contributed by atoms with E-state index in [2.05, 4.69) is 6.08 Å². The van der Waals surface area contributed by atoms with Gasteiger partial charge in [-0.3, -0.25) is 4.79 Å². The molecule has 0 fully saturated rings. The summed E-state index contributed by atoms with van der Waals surface area (Å²) < 4.78 is 52.4. The number of allylic oxidation sites excluding steroid dienone is 2. The molecule has 1 aliphatic carbocycles. The van der Waals surface area contributed by atoms with Crippen LogP contribution in [0, 0.1) is 0 Å². The molecule has 0 saturated heterocycles. The SMILES string of the molecule is COc1cc(OSC(F)(F)F)cc(OC(C)=O)c1C1C=C(C)CCC1. The number of carbonyl (C=O) groups is 1. The zero-order valence-electron chi connectivity index (χ0n) is 14.1. The summed E-state index contributed by atoms with van der Waals surface area (Å²) in [6.45, 7) is 3.25. The first-order chi connectivity index (χ1) is 11.7. The van der Waals surface area contributed by atoms with Gasteiger partial charge in [0.2, 0.25) is 0 Å². The van der Waals surface area contributed by atoms with Crippen molar-refractivity contribution in [2.75, 3.05) is 7.11 Å². The molecule has 8 heteroatoms. The van der Waals surface area contributed by atoms with E-state index in [-0.39, 0.29) is 17.4 Å². The van der Waals surface area contributed by atoms with Gasteiger partial charge in [0.1, 0.15) is 17.2 Å². The van der Waals surface area contributed by atoms with Gasteiger partial charge >= 0.3 is 11.5 Å². The summed E-state index contributed by atoms with van der Waals surface area (Å²) >= 11 is -0.633. The Labute approximate surface area is 148 Å². The Morgan fingerprint density at radius 2 is 1.96 bits per heavy atom. The van der Waals surface area contributed by atoms with Crippen molar-refractivity contribution in [2.45, 2.75) is 44.5 Å². The van der Waals surface area contributed by atoms with E-state index in [4.69, 9.17) is 13.7 Å². The fourth-order valence-corrected chi connectivity index (χ4v) is 3.12. The molecule has 0 amide bonds. The lowest BCUT2D eigenvalue weighted by Gasteiger charge is -2.24. The number of hydrogen-bond donors (Lipinski definition) is 0. The van der Waals surface area contributed by atoms with Gasteiger partial charge in [-0.05, 0) is 26.2 Å². The summed E-state index contributed by atoms with van der Waals surface area (Å²) in [5.41, 5.74) is -2.70. The van der Waals surface area contributed by atoms with Crippen molar-refractivity contribution in [3.63, 3.8) is 0 Å². The summed E-state index contributed by atoms with van der Waals surface area (Å²) in [7, 11) is 1.41. The molecule has 0 aliphatic heterocycles. The van der Waals surface area contributed by atoms with Crippen molar-refractivity contribution in [2.24, 2.45) is 0 Å². The van der Waals surface area contributed by atoms with Gasteiger partial charge in [0.05, 0.1) is 7.11 Å². The van der Waals surface area contributed by atoms with Crippen LogP contribution in [0.2, 0.25) is 0 Å². The minimum absolute atomic E-state index is 0.0395. The summed E-state index contributed by atoms with van der Waals surface area (Å²) in [6, 6.07) is 2.66. The molecular formula is C17H19F3O4S. The topological polar surface area (TPSA) is 44.8 Å². The average molecular weight is 376 g/mol. The Kier molecular flexibility index (Phi) is 6.26. The van der Waals surface area contributed by atoms with Crippen LogP contribution in [0.5, 0.6) is 17.2 Å². The summed E-state index contributed by atoms with van der Waals surface area (Å²) in [5, 5.41) is 0. The van der Waals surface area contributed by atoms with Crippen LogP contribution in [-0.4, -0.2) is 18.6 Å². The fraction of sp³-hybridized carbons (Fsp3) is 0.471. The second-order valence-corrected chi connectivity index (χ2v) is 6.55. The number of ether oxygens (including phenoxy) is 2. The van der Waals surface area contributed by atoms with Gasteiger partial charge in [-0.25, -0.2) is 0 Å². The molecule has 0 heterocycles. The highest BCUT2D eigenvalue weighted by molar-refractivity contribution is 7.95. The van der Waals surface area contributed by atoms with Crippen molar-refractivity contribution in [1.29, 1.82) is 0 Å². The minimum Gasteiger partial charge on any atom is -0.496 e. The van der Waals surface area contributed by atoms with E-state index < -0.39 is 23.5 Å². The molecule has 1 aliphatic rings. The maximum atomic E-state index is 12.4. The molecule has 0 saturated carbocycles. The van der Waals surface area contributed by atoms with Crippen LogP contribution < -0.4 is 13.7 Å². The monoisotopic (exact) mass is 376 g/mol. The average Bonchev–Trinajstić information content (AvgIpc) is 2.51. The minimum atomic E-state index is -4.54. The molecule has 0 radical (unpaired) electrons. The van der Waals surface area contributed by atoms with Gasteiger partial charge in [-0.1, -0.05) is 11.6 Å². The van der Waals surface area contributed by atoms with Gasteiger partial charge < -0.3 is 13.7 Å². The molecule has 0 bridgehead atoms. The van der Waals surface area contributed by atoms with E-state index in [0.717, 1.165) is 19.3 Å². The van der Waals surface area contributed by atoms with Crippen molar-refractivity contribution < 1.29 is 31.6 Å². The molecule has 1 aromatic rings. The maximum Gasteiger partial charge on any atom is 0.479 e. The quantitative estimate of drug-likeness (QED) is 0.299. The normalized spacial score (nSPS) is 17.7. The lowest BCUT2D eigenvalue weighted by atomic mass is 9.85. The van der Waals surface area contributed by atoms with Crippen molar-refractivity contribution in [1.82, 2.24) is 0 Å². The molecule has 25 heavy (non-hydrogen) atoms. The standard InChI is InChI=1S/C17H19F3O4S/c1-10-5-4-6-12(7-10)16-14(22-3)8-13(24-25-17(18,19)20)9-15(16)23-11(2)21/h7-9,12H,4-6H2,1-3H3. The first-order valence-electron chi connectivity index (χ1n) is 7.69. The zero-order chi connectivity index (χ0) is 18.6. The van der Waals surface area contributed by atoms with Crippen LogP contribution in [0.15, 0.2) is 23.8 Å². The molecule has 0 N–H and O–H groups in total. The van der Waals surface area contributed by atoms with E-state index in [9.17, 15) is 18.0 Å². The van der Waals surface area contributed by atoms with Gasteiger partial charge in [0.15, 0.2) is 12.0 Å². The first kappa shape index (κ1) is 19.5. The Morgan fingerprint density at radius 1 is 1.28 bits per heavy atom. The number of hydrogen-bond acceptors (Lipinski definition) is 5. The molecule has 1 unspecified atom stereocenters. The molecule has 138 valence electrons. The number of halogens is 3. The van der Waals surface area contributed by atoms with Crippen molar-refractivity contribution in [3.8, 4) is 17.2 Å². The Balaban J connectivity index is 2.45. The first-order valence-corrected chi connectivity index (χ1v) is 8.44. The maximum absolute atomic E-state index is 12.4. The van der Waals surface area contributed by atoms with Crippen LogP contribution >= 0.6 is 12.0 Å². The predicted octanol–water partition coefficient (Wildman–Crippen LogP) is 5.38. The van der Waals surface area contributed by atoms with Gasteiger partial charge in [-0.2, -0.15) is 13.2 Å². The summed E-state index contributed by atoms with van der Waals surface area (Å²) in [4.78, 5) is 11.4. The highest BCUT2D eigenvalue weighted by Crippen LogP contribution is 2.45. The molecule has 2 rings (SSSR count). The number of methoxy groups -OCH3 is 1.